The van der Waals surface area contributed by atoms with Crippen molar-refractivity contribution in [1.82, 2.24) is 4.98 Å². The average Bonchev–Trinajstić information content (AvgIpc) is 3.49. The summed E-state index contributed by atoms with van der Waals surface area (Å²) < 4.78 is 12.3. The lowest BCUT2D eigenvalue weighted by molar-refractivity contribution is 0.0172. The molecule has 0 radical (unpaired) electrons. The first-order chi connectivity index (χ1) is 13.2. The topological polar surface area (TPSA) is 31.4 Å². The normalized spacial score (nSPS) is 16.2. The summed E-state index contributed by atoms with van der Waals surface area (Å²) in [4.78, 5) is 4.46. The van der Waals surface area contributed by atoms with Crippen molar-refractivity contribution in [2.24, 2.45) is 0 Å². The summed E-state index contributed by atoms with van der Waals surface area (Å²) in [5.41, 5.74) is 5.11. The molecule has 0 spiro atoms. The Balaban J connectivity index is 1.52. The number of rotatable bonds is 4. The molecule has 1 aliphatic heterocycles. The number of nitrogens with zero attached hydrogens (tertiary/aromatic N) is 1. The molecule has 1 fully saturated rings. The molecule has 1 saturated carbocycles. The number of halogens is 2. The maximum atomic E-state index is 6.41. The van der Waals surface area contributed by atoms with Gasteiger partial charge < -0.3 is 9.47 Å². The van der Waals surface area contributed by atoms with E-state index in [0.717, 1.165) is 40.8 Å². The Morgan fingerprint density at radius 2 is 1.93 bits per heavy atom. The second kappa shape index (κ2) is 6.52. The Hall–Kier alpha value is -2.07. The Morgan fingerprint density at radius 1 is 1.07 bits per heavy atom. The van der Waals surface area contributed by atoms with Crippen LogP contribution in [-0.4, -0.2) is 4.98 Å². The summed E-state index contributed by atoms with van der Waals surface area (Å²) in [5, 5.41) is 1.33. The third-order valence-electron chi connectivity index (χ3n) is 5.27. The van der Waals surface area contributed by atoms with E-state index in [0.29, 0.717) is 23.3 Å². The first-order valence-electron chi connectivity index (χ1n) is 8.94. The summed E-state index contributed by atoms with van der Waals surface area (Å²) in [6.45, 7) is 0.949. The zero-order chi connectivity index (χ0) is 18.4. The molecule has 0 atom stereocenters. The fourth-order valence-corrected chi connectivity index (χ4v) is 4.07. The van der Waals surface area contributed by atoms with Crippen molar-refractivity contribution in [3.05, 3.63) is 81.6 Å². The van der Waals surface area contributed by atoms with Crippen molar-refractivity contribution in [1.29, 1.82) is 0 Å². The van der Waals surface area contributed by atoms with E-state index in [9.17, 15) is 0 Å². The first kappa shape index (κ1) is 17.1. The van der Waals surface area contributed by atoms with Crippen LogP contribution in [0.4, 0.5) is 0 Å². The van der Waals surface area contributed by atoms with Gasteiger partial charge in [0, 0.05) is 44.7 Å². The lowest BCUT2D eigenvalue weighted by Crippen LogP contribution is -2.17. The van der Waals surface area contributed by atoms with E-state index in [4.69, 9.17) is 32.7 Å². The maximum absolute atomic E-state index is 6.41. The number of benzene rings is 2. The standard InChI is InChI=1S/C22H17Cl2NO2/c23-16-5-6-19(24)14(9-16)13-27-22(7-8-22)18-11-25-10-15-12-26-20-4-2-1-3-17(20)21(15)18/h1-6,9-11H,7-8,12-13H2. The maximum Gasteiger partial charge on any atom is 0.127 e. The molecular formula is C22H17Cl2NO2. The molecule has 0 amide bonds. The van der Waals surface area contributed by atoms with E-state index in [2.05, 4.69) is 11.1 Å². The molecule has 1 aliphatic carbocycles. The van der Waals surface area contributed by atoms with Crippen molar-refractivity contribution in [2.45, 2.75) is 31.7 Å². The Kier molecular flexibility index (Phi) is 4.12. The van der Waals surface area contributed by atoms with Gasteiger partial charge in [-0.15, -0.1) is 0 Å². The molecule has 0 saturated heterocycles. The van der Waals surface area contributed by atoms with Crippen LogP contribution in [0.3, 0.4) is 0 Å². The largest absolute Gasteiger partial charge is 0.488 e. The number of aromatic nitrogens is 1. The summed E-state index contributed by atoms with van der Waals surface area (Å²) >= 11 is 12.4. The van der Waals surface area contributed by atoms with Crippen LogP contribution in [0.5, 0.6) is 5.75 Å². The highest BCUT2D eigenvalue weighted by Crippen LogP contribution is 2.54. The number of ether oxygens (including phenoxy) is 2. The second-order valence-corrected chi connectivity index (χ2v) is 7.87. The van der Waals surface area contributed by atoms with Crippen molar-refractivity contribution < 1.29 is 9.47 Å². The van der Waals surface area contributed by atoms with Gasteiger partial charge in [-0.2, -0.15) is 0 Å². The molecule has 1 aromatic heterocycles. The lowest BCUT2D eigenvalue weighted by Gasteiger charge is -2.26. The molecule has 2 aromatic carbocycles. The molecule has 27 heavy (non-hydrogen) atoms. The monoisotopic (exact) mass is 397 g/mol. The first-order valence-corrected chi connectivity index (χ1v) is 9.69. The van der Waals surface area contributed by atoms with Gasteiger partial charge in [-0.05, 0) is 42.7 Å². The van der Waals surface area contributed by atoms with E-state index in [1.54, 1.807) is 6.07 Å². The second-order valence-electron chi connectivity index (χ2n) is 7.02. The quantitative estimate of drug-likeness (QED) is 0.528. The number of para-hydroxylation sites is 1. The van der Waals surface area contributed by atoms with Gasteiger partial charge in [0.2, 0.25) is 0 Å². The predicted molar refractivity (Wildman–Crippen MR) is 106 cm³/mol. The zero-order valence-corrected chi connectivity index (χ0v) is 16.1. The van der Waals surface area contributed by atoms with Gasteiger partial charge in [0.05, 0.1) is 12.2 Å². The van der Waals surface area contributed by atoms with Crippen LogP contribution >= 0.6 is 23.2 Å². The molecule has 3 aromatic rings. The average molecular weight is 398 g/mol. The van der Waals surface area contributed by atoms with Gasteiger partial charge in [-0.3, -0.25) is 4.98 Å². The molecule has 2 heterocycles. The molecule has 0 bridgehead atoms. The molecule has 5 heteroatoms. The minimum atomic E-state index is -0.325. The fraction of sp³-hybridized carbons (Fsp3) is 0.227. The highest BCUT2D eigenvalue weighted by Gasteiger charge is 2.48. The summed E-state index contributed by atoms with van der Waals surface area (Å²) in [6, 6.07) is 13.6. The van der Waals surface area contributed by atoms with Crippen molar-refractivity contribution in [3.63, 3.8) is 0 Å². The smallest absolute Gasteiger partial charge is 0.127 e. The number of hydrogen-bond acceptors (Lipinski definition) is 3. The highest BCUT2D eigenvalue weighted by molar-refractivity contribution is 6.33. The van der Waals surface area contributed by atoms with Gasteiger partial charge in [0.1, 0.15) is 12.4 Å². The summed E-state index contributed by atoms with van der Waals surface area (Å²) in [7, 11) is 0. The molecular weight excluding hydrogens is 381 g/mol. The molecule has 5 rings (SSSR count). The van der Waals surface area contributed by atoms with Crippen molar-refractivity contribution in [3.8, 4) is 16.9 Å². The van der Waals surface area contributed by atoms with Crippen LogP contribution in [0, 0.1) is 0 Å². The van der Waals surface area contributed by atoms with E-state index < -0.39 is 0 Å². The highest BCUT2D eigenvalue weighted by atomic mass is 35.5. The molecule has 2 aliphatic rings. The van der Waals surface area contributed by atoms with Crippen LogP contribution in [0.2, 0.25) is 10.0 Å². The number of hydrogen-bond donors (Lipinski definition) is 0. The Labute approximate surface area is 167 Å². The van der Waals surface area contributed by atoms with E-state index in [1.165, 1.54) is 5.56 Å². The molecule has 136 valence electrons. The fourth-order valence-electron chi connectivity index (χ4n) is 3.71. The van der Waals surface area contributed by atoms with E-state index in [-0.39, 0.29) is 5.60 Å². The third-order valence-corrected chi connectivity index (χ3v) is 5.87. The molecule has 0 unspecified atom stereocenters. The Bertz CT molecular complexity index is 1030. The minimum absolute atomic E-state index is 0.325. The van der Waals surface area contributed by atoms with E-state index >= 15 is 0 Å². The summed E-state index contributed by atoms with van der Waals surface area (Å²) in [6.07, 6.45) is 5.75. The lowest BCUT2D eigenvalue weighted by atomic mass is 9.91. The van der Waals surface area contributed by atoms with Crippen LogP contribution in [0.25, 0.3) is 11.1 Å². The van der Waals surface area contributed by atoms with Gasteiger partial charge in [-0.25, -0.2) is 0 Å². The van der Waals surface area contributed by atoms with Gasteiger partial charge in [0.15, 0.2) is 0 Å². The van der Waals surface area contributed by atoms with Gasteiger partial charge in [-0.1, -0.05) is 41.4 Å². The van der Waals surface area contributed by atoms with Crippen molar-refractivity contribution in [2.75, 3.05) is 0 Å². The van der Waals surface area contributed by atoms with Crippen LogP contribution in [0.1, 0.15) is 29.5 Å². The van der Waals surface area contributed by atoms with Crippen LogP contribution in [0.15, 0.2) is 54.9 Å². The number of fused-ring (bicyclic) bond motifs is 3. The summed E-state index contributed by atoms with van der Waals surface area (Å²) in [5.74, 6) is 0.908. The van der Waals surface area contributed by atoms with Gasteiger partial charge in [0.25, 0.3) is 0 Å². The SMILES string of the molecule is Clc1ccc(Cl)c(COC2(c3cncc4c3-c3ccccc3OC4)CC2)c1. The van der Waals surface area contributed by atoms with E-state index in [1.807, 2.05) is 42.7 Å². The zero-order valence-electron chi connectivity index (χ0n) is 14.5. The number of pyridine rings is 1. The predicted octanol–water partition coefficient (Wildman–Crippen LogP) is 6.15. The molecule has 3 nitrogen and oxygen atoms in total. The molecule has 0 N–H and O–H groups in total. The van der Waals surface area contributed by atoms with Crippen LogP contribution in [-0.2, 0) is 23.6 Å². The van der Waals surface area contributed by atoms with Crippen LogP contribution < -0.4 is 4.74 Å². The minimum Gasteiger partial charge on any atom is -0.488 e. The van der Waals surface area contributed by atoms with Gasteiger partial charge >= 0.3 is 0 Å². The van der Waals surface area contributed by atoms with Crippen molar-refractivity contribution >= 4 is 23.2 Å². The third kappa shape index (κ3) is 3.00. The Morgan fingerprint density at radius 3 is 2.78 bits per heavy atom.